The maximum atomic E-state index is 6.07. The normalized spacial score (nSPS) is 25.3. The molecule has 0 aliphatic heterocycles. The van der Waals surface area contributed by atoms with Crippen molar-refractivity contribution in [3.8, 4) is 0 Å². The van der Waals surface area contributed by atoms with Crippen LogP contribution >= 0.6 is 0 Å². The summed E-state index contributed by atoms with van der Waals surface area (Å²) in [6.45, 7) is 14.6. The Labute approximate surface area is 137 Å². The topological polar surface area (TPSA) is 27.7 Å². The van der Waals surface area contributed by atoms with E-state index in [4.69, 9.17) is 14.2 Å². The standard InChI is InChI=1S/C19H36O3/c1-5-6-10-20-11-7-12-21-13-14-22-19-15-17(4)8-9-18(19)16(2)3/h17-19H,2,5-15H2,1,3-4H3. The Kier molecular flexibility index (Phi) is 10.8. The van der Waals surface area contributed by atoms with E-state index in [0.717, 1.165) is 45.0 Å². The predicted octanol–water partition coefficient (Wildman–Crippen LogP) is 4.61. The molecule has 3 heteroatoms. The van der Waals surface area contributed by atoms with E-state index in [1.807, 2.05) is 0 Å². The molecular weight excluding hydrogens is 276 g/mol. The van der Waals surface area contributed by atoms with Crippen molar-refractivity contribution >= 4 is 0 Å². The van der Waals surface area contributed by atoms with Crippen molar-refractivity contribution in [2.24, 2.45) is 11.8 Å². The summed E-state index contributed by atoms with van der Waals surface area (Å²) in [6.07, 6.45) is 7.32. The summed E-state index contributed by atoms with van der Waals surface area (Å²) in [5.74, 6) is 1.30. The molecule has 3 nitrogen and oxygen atoms in total. The lowest BCUT2D eigenvalue weighted by molar-refractivity contribution is -0.0401. The molecule has 0 saturated heterocycles. The van der Waals surface area contributed by atoms with E-state index in [9.17, 15) is 0 Å². The molecule has 0 bridgehead atoms. The van der Waals surface area contributed by atoms with E-state index in [-0.39, 0.29) is 0 Å². The monoisotopic (exact) mass is 312 g/mol. The first-order chi connectivity index (χ1) is 10.6. The molecule has 22 heavy (non-hydrogen) atoms. The van der Waals surface area contributed by atoms with Crippen LogP contribution in [0.3, 0.4) is 0 Å². The summed E-state index contributed by atoms with van der Waals surface area (Å²) in [4.78, 5) is 0. The van der Waals surface area contributed by atoms with Gasteiger partial charge in [0.2, 0.25) is 0 Å². The highest BCUT2D eigenvalue weighted by Crippen LogP contribution is 2.34. The van der Waals surface area contributed by atoms with Gasteiger partial charge in [-0.1, -0.05) is 32.4 Å². The Morgan fingerprint density at radius 3 is 2.36 bits per heavy atom. The summed E-state index contributed by atoms with van der Waals surface area (Å²) in [5, 5.41) is 0. The van der Waals surface area contributed by atoms with Gasteiger partial charge in [-0.2, -0.15) is 0 Å². The number of unbranched alkanes of at least 4 members (excludes halogenated alkanes) is 1. The van der Waals surface area contributed by atoms with Crippen LogP contribution in [0.2, 0.25) is 0 Å². The Bertz CT molecular complexity index is 290. The Hall–Kier alpha value is -0.380. The van der Waals surface area contributed by atoms with Crippen molar-refractivity contribution in [1.82, 2.24) is 0 Å². The van der Waals surface area contributed by atoms with E-state index >= 15 is 0 Å². The van der Waals surface area contributed by atoms with Gasteiger partial charge in [0.05, 0.1) is 19.3 Å². The van der Waals surface area contributed by atoms with Gasteiger partial charge in [-0.3, -0.25) is 0 Å². The Morgan fingerprint density at radius 2 is 1.68 bits per heavy atom. The largest absolute Gasteiger partial charge is 0.381 e. The molecule has 1 aliphatic carbocycles. The summed E-state index contributed by atoms with van der Waals surface area (Å²) in [6, 6.07) is 0. The fourth-order valence-electron chi connectivity index (χ4n) is 3.05. The minimum Gasteiger partial charge on any atom is -0.381 e. The molecule has 0 radical (unpaired) electrons. The predicted molar refractivity (Wildman–Crippen MR) is 92.2 cm³/mol. The maximum Gasteiger partial charge on any atom is 0.0704 e. The molecule has 3 atom stereocenters. The number of hydrogen-bond donors (Lipinski definition) is 0. The van der Waals surface area contributed by atoms with Crippen molar-refractivity contribution in [2.75, 3.05) is 33.0 Å². The third kappa shape index (κ3) is 8.30. The number of hydrogen-bond acceptors (Lipinski definition) is 3. The molecule has 3 unspecified atom stereocenters. The first-order valence-electron chi connectivity index (χ1n) is 9.07. The first-order valence-corrected chi connectivity index (χ1v) is 9.07. The zero-order chi connectivity index (χ0) is 16.2. The summed E-state index contributed by atoms with van der Waals surface area (Å²) in [7, 11) is 0. The van der Waals surface area contributed by atoms with E-state index in [2.05, 4.69) is 27.4 Å². The van der Waals surface area contributed by atoms with E-state index in [0.29, 0.717) is 25.2 Å². The van der Waals surface area contributed by atoms with Crippen molar-refractivity contribution in [2.45, 2.75) is 65.4 Å². The summed E-state index contributed by atoms with van der Waals surface area (Å²) < 4.78 is 17.2. The molecule has 0 N–H and O–H groups in total. The molecule has 0 aromatic rings. The molecule has 1 saturated carbocycles. The zero-order valence-electron chi connectivity index (χ0n) is 14.9. The van der Waals surface area contributed by atoms with Crippen molar-refractivity contribution in [3.63, 3.8) is 0 Å². The second-order valence-electron chi connectivity index (χ2n) is 6.71. The third-order valence-electron chi connectivity index (χ3n) is 4.47. The van der Waals surface area contributed by atoms with Gasteiger partial charge >= 0.3 is 0 Å². The lowest BCUT2D eigenvalue weighted by Crippen LogP contribution is -2.32. The maximum absolute atomic E-state index is 6.07. The van der Waals surface area contributed by atoms with Crippen LogP contribution in [0.5, 0.6) is 0 Å². The quantitative estimate of drug-likeness (QED) is 0.389. The minimum atomic E-state index is 0.335. The average Bonchev–Trinajstić information content (AvgIpc) is 2.49. The van der Waals surface area contributed by atoms with Gasteiger partial charge in [0.15, 0.2) is 0 Å². The minimum absolute atomic E-state index is 0.335. The van der Waals surface area contributed by atoms with Gasteiger partial charge in [0.25, 0.3) is 0 Å². The highest BCUT2D eigenvalue weighted by Gasteiger charge is 2.29. The first kappa shape index (κ1) is 19.7. The van der Waals surface area contributed by atoms with E-state index < -0.39 is 0 Å². The zero-order valence-corrected chi connectivity index (χ0v) is 14.9. The summed E-state index contributed by atoms with van der Waals surface area (Å²) in [5.41, 5.74) is 1.27. The van der Waals surface area contributed by atoms with Crippen LogP contribution in [0.4, 0.5) is 0 Å². The molecule has 0 spiro atoms. The highest BCUT2D eigenvalue weighted by molar-refractivity contribution is 5.02. The van der Waals surface area contributed by atoms with Gasteiger partial charge in [-0.15, -0.1) is 0 Å². The molecule has 1 aliphatic rings. The van der Waals surface area contributed by atoms with Gasteiger partial charge < -0.3 is 14.2 Å². The van der Waals surface area contributed by atoms with Gasteiger partial charge in [0.1, 0.15) is 0 Å². The fraction of sp³-hybridized carbons (Fsp3) is 0.895. The van der Waals surface area contributed by atoms with Crippen LogP contribution in [0.25, 0.3) is 0 Å². The van der Waals surface area contributed by atoms with Gasteiger partial charge in [-0.25, -0.2) is 0 Å². The van der Waals surface area contributed by atoms with Crippen molar-refractivity contribution < 1.29 is 14.2 Å². The van der Waals surface area contributed by atoms with E-state index in [1.54, 1.807) is 0 Å². The lowest BCUT2D eigenvalue weighted by atomic mass is 9.78. The molecule has 0 aromatic heterocycles. The second kappa shape index (κ2) is 12.1. The Balaban J connectivity index is 2.01. The lowest BCUT2D eigenvalue weighted by Gasteiger charge is -2.35. The van der Waals surface area contributed by atoms with Crippen LogP contribution in [0.1, 0.15) is 59.3 Å². The third-order valence-corrected chi connectivity index (χ3v) is 4.47. The Morgan fingerprint density at radius 1 is 1.00 bits per heavy atom. The molecule has 0 heterocycles. The molecular formula is C19H36O3. The van der Waals surface area contributed by atoms with Gasteiger partial charge in [0, 0.05) is 25.7 Å². The highest BCUT2D eigenvalue weighted by atomic mass is 16.5. The summed E-state index contributed by atoms with van der Waals surface area (Å²) >= 11 is 0. The SMILES string of the molecule is C=C(C)C1CCC(C)CC1OCCOCCCOCCCC. The van der Waals surface area contributed by atoms with Crippen LogP contribution in [-0.2, 0) is 14.2 Å². The number of rotatable bonds is 12. The molecule has 0 aromatic carbocycles. The second-order valence-corrected chi connectivity index (χ2v) is 6.71. The molecule has 1 rings (SSSR count). The van der Waals surface area contributed by atoms with Gasteiger partial charge in [-0.05, 0) is 44.9 Å². The number of ether oxygens (including phenoxy) is 3. The van der Waals surface area contributed by atoms with Crippen LogP contribution < -0.4 is 0 Å². The fourth-order valence-corrected chi connectivity index (χ4v) is 3.05. The van der Waals surface area contributed by atoms with Crippen molar-refractivity contribution in [1.29, 1.82) is 0 Å². The van der Waals surface area contributed by atoms with E-state index in [1.165, 1.54) is 24.8 Å². The van der Waals surface area contributed by atoms with Crippen LogP contribution in [0.15, 0.2) is 12.2 Å². The van der Waals surface area contributed by atoms with Crippen molar-refractivity contribution in [3.05, 3.63) is 12.2 Å². The average molecular weight is 312 g/mol. The van der Waals surface area contributed by atoms with Crippen LogP contribution in [0, 0.1) is 11.8 Å². The smallest absolute Gasteiger partial charge is 0.0704 e. The molecule has 1 fully saturated rings. The molecule has 0 amide bonds. The van der Waals surface area contributed by atoms with Crippen LogP contribution in [-0.4, -0.2) is 39.1 Å². The molecule has 130 valence electrons.